The minimum absolute atomic E-state index is 0.306. The van der Waals surface area contributed by atoms with Gasteiger partial charge in [-0.3, -0.25) is 4.79 Å². The van der Waals surface area contributed by atoms with Crippen molar-refractivity contribution in [2.75, 3.05) is 12.4 Å². The van der Waals surface area contributed by atoms with Gasteiger partial charge in [-0.05, 0) is 35.3 Å². The van der Waals surface area contributed by atoms with E-state index < -0.39 is 5.97 Å². The van der Waals surface area contributed by atoms with E-state index in [1.54, 1.807) is 30.3 Å². The maximum Gasteiger partial charge on any atom is 0.339 e. The zero-order valence-electron chi connectivity index (χ0n) is 14.1. The Morgan fingerprint density at radius 2 is 1.71 bits per heavy atom. The van der Waals surface area contributed by atoms with Crippen LogP contribution in [0.4, 0.5) is 5.69 Å². The number of ether oxygens (including phenoxy) is 1. The number of benzene rings is 2. The van der Waals surface area contributed by atoms with Crippen molar-refractivity contribution < 1.29 is 14.3 Å². The summed E-state index contributed by atoms with van der Waals surface area (Å²) >= 11 is 0. The predicted molar refractivity (Wildman–Crippen MR) is 96.0 cm³/mol. The van der Waals surface area contributed by atoms with Crippen molar-refractivity contribution in [3.05, 3.63) is 71.3 Å². The van der Waals surface area contributed by atoms with Crippen molar-refractivity contribution in [2.45, 2.75) is 19.8 Å². The van der Waals surface area contributed by atoms with Crippen molar-refractivity contribution in [3.63, 3.8) is 0 Å². The van der Waals surface area contributed by atoms with Gasteiger partial charge in [0.25, 0.3) is 0 Å². The van der Waals surface area contributed by atoms with E-state index in [2.05, 4.69) is 31.3 Å². The number of rotatable bonds is 5. The predicted octanol–water partition coefficient (Wildman–Crippen LogP) is 4.25. The number of nitrogens with one attached hydrogen (secondary N) is 1. The molecule has 0 saturated carbocycles. The highest BCUT2D eigenvalue weighted by Crippen LogP contribution is 2.17. The van der Waals surface area contributed by atoms with Gasteiger partial charge in [-0.25, -0.2) is 4.79 Å². The summed E-state index contributed by atoms with van der Waals surface area (Å²) in [4.78, 5) is 23.8. The molecule has 2 aromatic carbocycles. The van der Waals surface area contributed by atoms with Crippen LogP contribution in [0.5, 0.6) is 0 Å². The molecule has 0 atom stereocenters. The fraction of sp³-hybridized carbons (Fsp3) is 0.200. The fourth-order valence-electron chi connectivity index (χ4n) is 2.22. The van der Waals surface area contributed by atoms with E-state index in [1.807, 2.05) is 12.1 Å². The highest BCUT2D eigenvalue weighted by Gasteiger charge is 2.11. The molecule has 2 aromatic rings. The van der Waals surface area contributed by atoms with Crippen LogP contribution >= 0.6 is 0 Å². The second-order valence-electron chi connectivity index (χ2n) is 5.68. The lowest BCUT2D eigenvalue weighted by molar-refractivity contribution is -0.111. The third kappa shape index (κ3) is 4.56. The van der Waals surface area contributed by atoms with Gasteiger partial charge in [-0.1, -0.05) is 50.2 Å². The van der Waals surface area contributed by atoms with Gasteiger partial charge in [-0.2, -0.15) is 0 Å². The third-order valence-corrected chi connectivity index (χ3v) is 3.62. The van der Waals surface area contributed by atoms with Gasteiger partial charge in [0.1, 0.15) is 0 Å². The number of hydrogen-bond donors (Lipinski definition) is 1. The van der Waals surface area contributed by atoms with Crippen LogP contribution in [0.3, 0.4) is 0 Å². The lowest BCUT2D eigenvalue weighted by Gasteiger charge is -2.08. The number of esters is 1. The second kappa shape index (κ2) is 8.11. The van der Waals surface area contributed by atoms with Crippen LogP contribution in [0, 0.1) is 0 Å². The molecule has 0 aliphatic heterocycles. The molecule has 0 radical (unpaired) electrons. The highest BCUT2D eigenvalue weighted by atomic mass is 16.5. The van der Waals surface area contributed by atoms with Gasteiger partial charge in [-0.15, -0.1) is 0 Å². The summed E-state index contributed by atoms with van der Waals surface area (Å²) in [6.45, 7) is 4.27. The standard InChI is InChI=1S/C20H21NO3/c1-14(2)16-11-8-15(9-12-16)10-13-19(22)21-18-7-5-4-6-17(18)20(23)24-3/h4-14H,1-3H3,(H,21,22)/b13-10+. The summed E-state index contributed by atoms with van der Waals surface area (Å²) in [5, 5.41) is 2.70. The van der Waals surface area contributed by atoms with Gasteiger partial charge in [0, 0.05) is 6.08 Å². The Morgan fingerprint density at radius 1 is 1.04 bits per heavy atom. The number of amides is 1. The number of carbonyl (C=O) groups excluding carboxylic acids is 2. The average Bonchev–Trinajstić information content (AvgIpc) is 2.60. The van der Waals surface area contributed by atoms with Gasteiger partial charge in [0.05, 0.1) is 18.4 Å². The summed E-state index contributed by atoms with van der Waals surface area (Å²) in [6.07, 6.45) is 3.18. The molecule has 0 unspecified atom stereocenters. The topological polar surface area (TPSA) is 55.4 Å². The minimum atomic E-state index is -0.487. The zero-order valence-corrected chi connectivity index (χ0v) is 14.1. The first-order valence-corrected chi connectivity index (χ1v) is 7.77. The third-order valence-electron chi connectivity index (χ3n) is 3.62. The highest BCUT2D eigenvalue weighted by molar-refractivity contribution is 6.06. The number of para-hydroxylation sites is 1. The summed E-state index contributed by atoms with van der Waals surface area (Å²) in [6, 6.07) is 14.8. The molecule has 0 heterocycles. The van der Waals surface area contributed by atoms with E-state index in [-0.39, 0.29) is 5.91 Å². The first-order valence-electron chi connectivity index (χ1n) is 7.77. The maximum absolute atomic E-state index is 12.1. The maximum atomic E-state index is 12.1. The molecular weight excluding hydrogens is 302 g/mol. The molecule has 1 amide bonds. The minimum Gasteiger partial charge on any atom is -0.465 e. The lowest BCUT2D eigenvalue weighted by Crippen LogP contribution is -2.12. The lowest BCUT2D eigenvalue weighted by atomic mass is 10.0. The Balaban J connectivity index is 2.07. The monoisotopic (exact) mass is 323 g/mol. The van der Waals surface area contributed by atoms with Crippen LogP contribution in [-0.2, 0) is 9.53 Å². The molecule has 0 aliphatic carbocycles. The molecule has 4 nitrogen and oxygen atoms in total. The Labute approximate surface area is 142 Å². The second-order valence-corrected chi connectivity index (χ2v) is 5.68. The number of hydrogen-bond acceptors (Lipinski definition) is 3. The van der Waals surface area contributed by atoms with Gasteiger partial charge in [0.2, 0.25) is 5.91 Å². The van der Waals surface area contributed by atoms with Gasteiger partial charge in [0.15, 0.2) is 0 Å². The molecule has 0 fully saturated rings. The van der Waals surface area contributed by atoms with Crippen LogP contribution in [0.25, 0.3) is 6.08 Å². The molecule has 0 aromatic heterocycles. The molecule has 4 heteroatoms. The Bertz CT molecular complexity index is 746. The SMILES string of the molecule is COC(=O)c1ccccc1NC(=O)/C=C/c1ccc(C(C)C)cc1. The summed E-state index contributed by atoms with van der Waals surface area (Å²) in [5.41, 5.74) is 2.94. The van der Waals surface area contributed by atoms with Crippen molar-refractivity contribution >= 4 is 23.6 Å². The normalized spacial score (nSPS) is 10.8. The smallest absolute Gasteiger partial charge is 0.339 e. The van der Waals surface area contributed by atoms with Crippen molar-refractivity contribution in [3.8, 4) is 0 Å². The molecular formula is C20H21NO3. The fourth-order valence-corrected chi connectivity index (χ4v) is 2.22. The van der Waals surface area contributed by atoms with Gasteiger partial charge >= 0.3 is 5.97 Å². The first-order chi connectivity index (χ1) is 11.5. The van der Waals surface area contributed by atoms with Crippen LogP contribution < -0.4 is 5.32 Å². The molecule has 2 rings (SSSR count). The summed E-state index contributed by atoms with van der Waals surface area (Å²) in [5.74, 6) is -0.320. The molecule has 0 spiro atoms. The van der Waals surface area contributed by atoms with E-state index >= 15 is 0 Å². The molecule has 24 heavy (non-hydrogen) atoms. The van der Waals surface area contributed by atoms with E-state index in [1.165, 1.54) is 18.7 Å². The molecule has 1 N–H and O–H groups in total. The van der Waals surface area contributed by atoms with E-state index in [0.29, 0.717) is 17.2 Å². The first kappa shape index (κ1) is 17.5. The van der Waals surface area contributed by atoms with Crippen molar-refractivity contribution in [1.82, 2.24) is 0 Å². The largest absolute Gasteiger partial charge is 0.465 e. The van der Waals surface area contributed by atoms with E-state index in [4.69, 9.17) is 4.74 Å². The number of methoxy groups -OCH3 is 1. The van der Waals surface area contributed by atoms with Crippen molar-refractivity contribution in [2.24, 2.45) is 0 Å². The zero-order chi connectivity index (χ0) is 17.5. The van der Waals surface area contributed by atoms with Gasteiger partial charge < -0.3 is 10.1 Å². The van der Waals surface area contributed by atoms with Crippen LogP contribution in [0.15, 0.2) is 54.6 Å². The Kier molecular flexibility index (Phi) is 5.90. The summed E-state index contributed by atoms with van der Waals surface area (Å²) < 4.78 is 4.71. The van der Waals surface area contributed by atoms with E-state index in [0.717, 1.165) is 5.56 Å². The van der Waals surface area contributed by atoms with Crippen LogP contribution in [0.2, 0.25) is 0 Å². The van der Waals surface area contributed by atoms with Crippen LogP contribution in [0.1, 0.15) is 41.3 Å². The molecule has 0 aliphatic rings. The van der Waals surface area contributed by atoms with Crippen molar-refractivity contribution in [1.29, 1.82) is 0 Å². The summed E-state index contributed by atoms with van der Waals surface area (Å²) in [7, 11) is 1.31. The average molecular weight is 323 g/mol. The molecule has 124 valence electrons. The number of carbonyl (C=O) groups is 2. The Hall–Kier alpha value is -2.88. The Morgan fingerprint density at radius 3 is 2.33 bits per heavy atom. The van der Waals surface area contributed by atoms with E-state index in [9.17, 15) is 9.59 Å². The molecule has 0 saturated heterocycles. The van der Waals surface area contributed by atoms with Crippen LogP contribution in [-0.4, -0.2) is 19.0 Å². The molecule has 0 bridgehead atoms. The number of anilines is 1. The quantitative estimate of drug-likeness (QED) is 0.661.